The average Bonchev–Trinajstić information content (AvgIpc) is 2.95. The van der Waals surface area contributed by atoms with E-state index < -0.39 is 0 Å². The number of benzene rings is 1. The zero-order chi connectivity index (χ0) is 16.2. The van der Waals surface area contributed by atoms with E-state index in [1.807, 2.05) is 30.2 Å². The average molecular weight is 309 g/mol. The van der Waals surface area contributed by atoms with Crippen LogP contribution in [-0.4, -0.2) is 28.5 Å². The molecule has 0 radical (unpaired) electrons. The van der Waals surface area contributed by atoms with Crippen LogP contribution in [-0.2, 0) is 6.54 Å². The highest BCUT2D eigenvalue weighted by Gasteiger charge is 2.34. The van der Waals surface area contributed by atoms with Crippen molar-refractivity contribution in [3.8, 4) is 0 Å². The van der Waals surface area contributed by atoms with Gasteiger partial charge in [0.25, 0.3) is 0 Å². The van der Waals surface area contributed by atoms with Crippen LogP contribution in [0.2, 0.25) is 0 Å². The third kappa shape index (κ3) is 3.52. The Morgan fingerprint density at radius 1 is 1.30 bits per heavy atom. The SMILES string of the molecule is Cc1cncc(CNC(=O)N2CCC(c3ccccc3)C2C)c1. The number of carbonyl (C=O) groups is 1. The summed E-state index contributed by atoms with van der Waals surface area (Å²) in [4.78, 5) is 18.6. The summed E-state index contributed by atoms with van der Waals surface area (Å²) < 4.78 is 0. The Bertz CT molecular complexity index is 671. The van der Waals surface area contributed by atoms with Crippen molar-refractivity contribution in [2.45, 2.75) is 38.8 Å². The molecule has 0 spiro atoms. The molecular formula is C19H23N3O. The largest absolute Gasteiger partial charge is 0.334 e. The molecular weight excluding hydrogens is 286 g/mol. The van der Waals surface area contributed by atoms with E-state index in [0.29, 0.717) is 12.5 Å². The second-order valence-electron chi connectivity index (χ2n) is 6.27. The number of hydrogen-bond donors (Lipinski definition) is 1. The molecule has 120 valence electrons. The normalized spacial score (nSPS) is 20.5. The van der Waals surface area contributed by atoms with E-state index in [4.69, 9.17) is 0 Å². The van der Waals surface area contributed by atoms with E-state index in [9.17, 15) is 4.79 Å². The molecule has 1 aliphatic rings. The smallest absolute Gasteiger partial charge is 0.317 e. The number of carbonyl (C=O) groups excluding carboxylic acids is 1. The minimum atomic E-state index is 0.0115. The maximum atomic E-state index is 12.5. The maximum absolute atomic E-state index is 12.5. The number of pyridine rings is 1. The van der Waals surface area contributed by atoms with Crippen molar-refractivity contribution in [2.75, 3.05) is 6.54 Å². The lowest BCUT2D eigenvalue weighted by atomic mass is 9.93. The summed E-state index contributed by atoms with van der Waals surface area (Å²) in [6, 6.07) is 12.7. The van der Waals surface area contributed by atoms with Gasteiger partial charge in [-0.25, -0.2) is 4.79 Å². The van der Waals surface area contributed by atoms with Gasteiger partial charge in [0.15, 0.2) is 0 Å². The summed E-state index contributed by atoms with van der Waals surface area (Å²) >= 11 is 0. The summed E-state index contributed by atoms with van der Waals surface area (Å²) in [5.74, 6) is 0.419. The van der Waals surface area contributed by atoms with E-state index in [2.05, 4.69) is 41.5 Å². The monoisotopic (exact) mass is 309 g/mol. The summed E-state index contributed by atoms with van der Waals surface area (Å²) in [6.07, 6.45) is 4.64. The molecule has 2 amide bonds. The van der Waals surface area contributed by atoms with E-state index in [0.717, 1.165) is 24.1 Å². The molecule has 1 aromatic heterocycles. The van der Waals surface area contributed by atoms with Crippen molar-refractivity contribution in [3.05, 3.63) is 65.5 Å². The van der Waals surface area contributed by atoms with Gasteiger partial charge in [0.2, 0.25) is 0 Å². The van der Waals surface area contributed by atoms with Crippen LogP contribution in [0.5, 0.6) is 0 Å². The molecule has 1 saturated heterocycles. The van der Waals surface area contributed by atoms with Crippen LogP contribution in [0.4, 0.5) is 4.79 Å². The highest BCUT2D eigenvalue weighted by molar-refractivity contribution is 5.75. The number of likely N-dealkylation sites (tertiary alicyclic amines) is 1. The van der Waals surface area contributed by atoms with Gasteiger partial charge in [-0.2, -0.15) is 0 Å². The van der Waals surface area contributed by atoms with Crippen molar-refractivity contribution in [3.63, 3.8) is 0 Å². The predicted molar refractivity (Wildman–Crippen MR) is 91.2 cm³/mol. The van der Waals surface area contributed by atoms with Gasteiger partial charge in [0.1, 0.15) is 0 Å². The minimum Gasteiger partial charge on any atom is -0.334 e. The van der Waals surface area contributed by atoms with Crippen molar-refractivity contribution >= 4 is 6.03 Å². The molecule has 0 saturated carbocycles. The minimum absolute atomic E-state index is 0.0115. The van der Waals surface area contributed by atoms with Crippen LogP contribution in [0, 0.1) is 6.92 Å². The van der Waals surface area contributed by atoms with Crippen molar-refractivity contribution < 1.29 is 4.79 Å². The summed E-state index contributed by atoms with van der Waals surface area (Å²) in [5, 5.41) is 3.02. The van der Waals surface area contributed by atoms with Gasteiger partial charge < -0.3 is 10.2 Å². The van der Waals surface area contributed by atoms with Crippen LogP contribution in [0.1, 0.15) is 36.0 Å². The molecule has 2 unspecified atom stereocenters. The fourth-order valence-electron chi connectivity index (χ4n) is 3.37. The quantitative estimate of drug-likeness (QED) is 0.943. The van der Waals surface area contributed by atoms with Gasteiger partial charge in [-0.3, -0.25) is 4.98 Å². The Labute approximate surface area is 137 Å². The first-order valence-electron chi connectivity index (χ1n) is 8.15. The third-order valence-corrected chi connectivity index (χ3v) is 4.62. The second-order valence-corrected chi connectivity index (χ2v) is 6.27. The standard InChI is InChI=1S/C19H23N3O/c1-14-10-16(12-20-11-14)13-21-19(23)22-9-8-18(15(22)2)17-6-4-3-5-7-17/h3-7,10-12,15,18H,8-9,13H2,1-2H3,(H,21,23). The highest BCUT2D eigenvalue weighted by atomic mass is 16.2. The lowest BCUT2D eigenvalue weighted by Gasteiger charge is -2.25. The van der Waals surface area contributed by atoms with Crippen LogP contribution >= 0.6 is 0 Å². The molecule has 0 aliphatic carbocycles. The molecule has 2 atom stereocenters. The Morgan fingerprint density at radius 3 is 2.83 bits per heavy atom. The second kappa shape index (κ2) is 6.82. The first-order valence-corrected chi connectivity index (χ1v) is 8.15. The number of rotatable bonds is 3. The van der Waals surface area contributed by atoms with Gasteiger partial charge in [-0.05, 0) is 37.0 Å². The number of nitrogens with zero attached hydrogens (tertiary/aromatic N) is 2. The molecule has 1 aromatic carbocycles. The Hall–Kier alpha value is -2.36. The van der Waals surface area contributed by atoms with Crippen LogP contribution < -0.4 is 5.32 Å². The zero-order valence-electron chi connectivity index (χ0n) is 13.7. The summed E-state index contributed by atoms with van der Waals surface area (Å²) in [7, 11) is 0. The van der Waals surface area contributed by atoms with Crippen molar-refractivity contribution in [1.29, 1.82) is 0 Å². The van der Waals surface area contributed by atoms with E-state index >= 15 is 0 Å². The van der Waals surface area contributed by atoms with Gasteiger partial charge >= 0.3 is 6.03 Å². The first-order chi connectivity index (χ1) is 11.1. The van der Waals surface area contributed by atoms with E-state index in [1.165, 1.54) is 5.56 Å². The Balaban J connectivity index is 1.60. The van der Waals surface area contributed by atoms with Gasteiger partial charge in [-0.15, -0.1) is 0 Å². The molecule has 2 heterocycles. The Kier molecular flexibility index (Phi) is 4.60. The van der Waals surface area contributed by atoms with Crippen molar-refractivity contribution in [2.24, 2.45) is 0 Å². The molecule has 1 fully saturated rings. The number of nitrogens with one attached hydrogen (secondary N) is 1. The van der Waals surface area contributed by atoms with Crippen molar-refractivity contribution in [1.82, 2.24) is 15.2 Å². The number of hydrogen-bond acceptors (Lipinski definition) is 2. The van der Waals surface area contributed by atoms with Gasteiger partial charge in [-0.1, -0.05) is 36.4 Å². The number of urea groups is 1. The van der Waals surface area contributed by atoms with Crippen LogP contribution in [0.25, 0.3) is 0 Å². The lowest BCUT2D eigenvalue weighted by molar-refractivity contribution is 0.193. The number of amides is 2. The maximum Gasteiger partial charge on any atom is 0.317 e. The zero-order valence-corrected chi connectivity index (χ0v) is 13.7. The van der Waals surface area contributed by atoms with Gasteiger partial charge in [0.05, 0.1) is 0 Å². The fraction of sp³-hybridized carbons (Fsp3) is 0.368. The van der Waals surface area contributed by atoms with Gasteiger partial charge in [0, 0.05) is 37.4 Å². The molecule has 1 aliphatic heterocycles. The summed E-state index contributed by atoms with van der Waals surface area (Å²) in [5.41, 5.74) is 3.46. The molecule has 23 heavy (non-hydrogen) atoms. The Morgan fingerprint density at radius 2 is 2.09 bits per heavy atom. The number of aromatic nitrogens is 1. The fourth-order valence-corrected chi connectivity index (χ4v) is 3.37. The molecule has 2 aromatic rings. The number of aryl methyl sites for hydroxylation is 1. The van der Waals surface area contributed by atoms with Crippen LogP contribution in [0.15, 0.2) is 48.8 Å². The summed E-state index contributed by atoms with van der Waals surface area (Å²) in [6.45, 7) is 5.47. The van der Waals surface area contributed by atoms with E-state index in [-0.39, 0.29) is 12.1 Å². The highest BCUT2D eigenvalue weighted by Crippen LogP contribution is 2.33. The molecule has 1 N–H and O–H groups in total. The predicted octanol–water partition coefficient (Wildman–Crippen LogP) is 3.48. The lowest BCUT2D eigenvalue weighted by Crippen LogP contribution is -2.42. The topological polar surface area (TPSA) is 45.2 Å². The molecule has 3 rings (SSSR count). The van der Waals surface area contributed by atoms with Crippen LogP contribution in [0.3, 0.4) is 0 Å². The molecule has 4 heteroatoms. The first kappa shape index (κ1) is 15.5. The molecule has 0 bridgehead atoms. The molecule has 4 nitrogen and oxygen atoms in total. The third-order valence-electron chi connectivity index (χ3n) is 4.62. The van der Waals surface area contributed by atoms with E-state index in [1.54, 1.807) is 6.20 Å².